The summed E-state index contributed by atoms with van der Waals surface area (Å²) in [6, 6.07) is 4.24. The van der Waals surface area contributed by atoms with Crippen LogP contribution in [-0.2, 0) is 0 Å². The summed E-state index contributed by atoms with van der Waals surface area (Å²) in [7, 11) is 4.89. The molecule has 0 aliphatic heterocycles. The van der Waals surface area contributed by atoms with E-state index in [1.165, 1.54) is 25.3 Å². The largest absolute Gasteiger partial charge is 0.494 e. The molecule has 1 aliphatic carbocycles. The second-order valence-corrected chi connectivity index (χ2v) is 7.50. The molecule has 2 N–H and O–H groups in total. The number of nitrogens with zero attached hydrogens (tertiary/aromatic N) is 2. The maximum absolute atomic E-state index is 13.8. The number of carbonyl (C=O) groups is 1. The summed E-state index contributed by atoms with van der Waals surface area (Å²) in [5.74, 6) is -0.181. The van der Waals surface area contributed by atoms with Gasteiger partial charge in [-0.15, -0.1) is 0 Å². The number of amides is 1. The van der Waals surface area contributed by atoms with Gasteiger partial charge in [0.1, 0.15) is 5.56 Å². The molecule has 1 heterocycles. The minimum atomic E-state index is -0.504. The highest BCUT2D eigenvalue weighted by molar-refractivity contribution is 6.04. The topological polar surface area (TPSA) is 87.8 Å². The summed E-state index contributed by atoms with van der Waals surface area (Å²) in [5, 5.41) is 16.7. The molecule has 1 aliphatic rings. The number of benzene rings is 1. The van der Waals surface area contributed by atoms with E-state index in [1.54, 1.807) is 19.0 Å². The Bertz CT molecular complexity index is 844. The van der Waals surface area contributed by atoms with Crippen molar-refractivity contribution in [1.82, 2.24) is 10.5 Å². The molecule has 28 heavy (non-hydrogen) atoms. The van der Waals surface area contributed by atoms with Crippen molar-refractivity contribution < 1.29 is 23.6 Å². The number of aliphatic hydroxyl groups excluding tert-OH is 1. The third kappa shape index (κ3) is 3.82. The molecule has 0 unspecified atom stereocenters. The van der Waals surface area contributed by atoms with Crippen LogP contribution in [0.3, 0.4) is 0 Å². The van der Waals surface area contributed by atoms with E-state index in [-0.39, 0.29) is 35.0 Å². The van der Waals surface area contributed by atoms with E-state index in [4.69, 9.17) is 9.26 Å². The first-order chi connectivity index (χ1) is 13.4. The van der Waals surface area contributed by atoms with Crippen molar-refractivity contribution in [2.24, 2.45) is 5.41 Å². The van der Waals surface area contributed by atoms with Gasteiger partial charge in [0.05, 0.1) is 13.7 Å². The van der Waals surface area contributed by atoms with Crippen molar-refractivity contribution >= 4 is 11.7 Å². The lowest BCUT2D eigenvalue weighted by Crippen LogP contribution is -2.38. The minimum Gasteiger partial charge on any atom is -0.494 e. The quantitative estimate of drug-likeness (QED) is 0.755. The molecule has 1 amide bonds. The fourth-order valence-electron chi connectivity index (χ4n) is 3.66. The van der Waals surface area contributed by atoms with Crippen LogP contribution in [0.15, 0.2) is 22.7 Å². The lowest BCUT2D eigenvalue weighted by atomic mass is 9.87. The second kappa shape index (κ2) is 8.18. The lowest BCUT2D eigenvalue weighted by Gasteiger charge is -2.26. The first-order valence-electron chi connectivity index (χ1n) is 9.31. The van der Waals surface area contributed by atoms with Crippen LogP contribution in [0.5, 0.6) is 5.75 Å². The fraction of sp³-hybridized carbons (Fsp3) is 0.500. The molecule has 1 saturated carbocycles. The molecular weight excluding hydrogens is 365 g/mol. The van der Waals surface area contributed by atoms with Gasteiger partial charge in [0.25, 0.3) is 5.91 Å². The third-order valence-electron chi connectivity index (χ3n) is 5.36. The van der Waals surface area contributed by atoms with Crippen LogP contribution in [0.1, 0.15) is 36.0 Å². The van der Waals surface area contributed by atoms with E-state index in [0.717, 1.165) is 25.7 Å². The summed E-state index contributed by atoms with van der Waals surface area (Å²) in [6.45, 7) is 0.423. The standard InChI is InChI=1S/C20H26FN3O4/c1-24(2)18-16(19(26)22-11-20(12-25)8-4-5-9-20)17(28-23-18)13-6-7-14(21)15(10-13)27-3/h6-7,10,25H,4-5,8-9,11-12H2,1-3H3,(H,22,26). The monoisotopic (exact) mass is 391 g/mol. The summed E-state index contributed by atoms with van der Waals surface area (Å²) in [6.07, 6.45) is 3.87. The number of aliphatic hydroxyl groups is 1. The predicted molar refractivity (Wildman–Crippen MR) is 103 cm³/mol. The Labute approximate surface area is 163 Å². The Morgan fingerprint density at radius 1 is 1.39 bits per heavy atom. The van der Waals surface area contributed by atoms with Gasteiger partial charge in [-0.3, -0.25) is 4.79 Å². The molecule has 8 heteroatoms. The van der Waals surface area contributed by atoms with Gasteiger partial charge in [0.2, 0.25) is 0 Å². The lowest BCUT2D eigenvalue weighted by molar-refractivity contribution is 0.0881. The number of methoxy groups -OCH3 is 1. The first-order valence-corrected chi connectivity index (χ1v) is 9.31. The van der Waals surface area contributed by atoms with Crippen LogP contribution >= 0.6 is 0 Å². The van der Waals surface area contributed by atoms with Crippen molar-refractivity contribution in [2.75, 3.05) is 39.3 Å². The van der Waals surface area contributed by atoms with Crippen LogP contribution < -0.4 is 15.0 Å². The first kappa shape index (κ1) is 20.1. The number of anilines is 1. The van der Waals surface area contributed by atoms with Gasteiger partial charge in [0, 0.05) is 31.6 Å². The van der Waals surface area contributed by atoms with Gasteiger partial charge in [-0.25, -0.2) is 4.39 Å². The van der Waals surface area contributed by atoms with E-state index in [0.29, 0.717) is 17.9 Å². The third-order valence-corrected chi connectivity index (χ3v) is 5.36. The Morgan fingerprint density at radius 2 is 2.11 bits per heavy atom. The maximum atomic E-state index is 13.8. The number of ether oxygens (including phenoxy) is 1. The SMILES string of the molecule is COc1cc(-c2onc(N(C)C)c2C(=O)NCC2(CO)CCCC2)ccc1F. The molecule has 152 valence electrons. The Kier molecular flexibility index (Phi) is 5.88. The molecular formula is C20H26FN3O4. The van der Waals surface area contributed by atoms with Crippen molar-refractivity contribution in [3.8, 4) is 17.1 Å². The average Bonchev–Trinajstić information content (AvgIpc) is 3.34. The molecule has 0 atom stereocenters. The minimum absolute atomic E-state index is 0.0411. The zero-order chi connectivity index (χ0) is 20.3. The zero-order valence-corrected chi connectivity index (χ0v) is 16.4. The Balaban J connectivity index is 1.93. The summed E-state index contributed by atoms with van der Waals surface area (Å²) in [5.41, 5.74) is 0.483. The highest BCUT2D eigenvalue weighted by atomic mass is 19.1. The van der Waals surface area contributed by atoms with Gasteiger partial charge in [0.15, 0.2) is 23.1 Å². The normalized spacial score (nSPS) is 15.5. The van der Waals surface area contributed by atoms with Crippen LogP contribution in [0.25, 0.3) is 11.3 Å². The van der Waals surface area contributed by atoms with Crippen molar-refractivity contribution in [1.29, 1.82) is 0 Å². The van der Waals surface area contributed by atoms with Gasteiger partial charge >= 0.3 is 0 Å². The van der Waals surface area contributed by atoms with E-state index in [1.807, 2.05) is 0 Å². The average molecular weight is 391 g/mol. The van der Waals surface area contributed by atoms with Crippen LogP contribution in [0.2, 0.25) is 0 Å². The number of carbonyl (C=O) groups excluding carboxylic acids is 1. The highest BCUT2D eigenvalue weighted by Crippen LogP contribution is 2.38. The zero-order valence-electron chi connectivity index (χ0n) is 16.4. The van der Waals surface area contributed by atoms with Gasteiger partial charge in [-0.2, -0.15) is 0 Å². The predicted octanol–water partition coefficient (Wildman–Crippen LogP) is 2.84. The Morgan fingerprint density at radius 3 is 2.71 bits per heavy atom. The molecule has 0 saturated heterocycles. The van der Waals surface area contributed by atoms with E-state index >= 15 is 0 Å². The summed E-state index contributed by atoms with van der Waals surface area (Å²) in [4.78, 5) is 14.7. The maximum Gasteiger partial charge on any atom is 0.259 e. The molecule has 1 fully saturated rings. The van der Waals surface area contributed by atoms with Crippen LogP contribution in [-0.4, -0.2) is 50.5 Å². The van der Waals surface area contributed by atoms with E-state index < -0.39 is 5.82 Å². The van der Waals surface area contributed by atoms with E-state index in [2.05, 4.69) is 10.5 Å². The van der Waals surface area contributed by atoms with Gasteiger partial charge < -0.3 is 24.6 Å². The van der Waals surface area contributed by atoms with Gasteiger partial charge in [-0.1, -0.05) is 18.0 Å². The number of rotatable bonds is 7. The molecule has 7 nitrogen and oxygen atoms in total. The van der Waals surface area contributed by atoms with Crippen LogP contribution in [0.4, 0.5) is 10.2 Å². The molecule has 0 radical (unpaired) electrons. The molecule has 2 aromatic rings. The Hall–Kier alpha value is -2.61. The molecule has 3 rings (SSSR count). The summed E-state index contributed by atoms with van der Waals surface area (Å²) < 4.78 is 24.2. The molecule has 0 bridgehead atoms. The van der Waals surface area contributed by atoms with Crippen molar-refractivity contribution in [2.45, 2.75) is 25.7 Å². The molecule has 0 spiro atoms. The number of nitrogens with one attached hydrogen (secondary N) is 1. The number of aromatic nitrogens is 1. The fourth-order valence-corrected chi connectivity index (χ4v) is 3.66. The van der Waals surface area contributed by atoms with Crippen molar-refractivity contribution in [3.63, 3.8) is 0 Å². The van der Waals surface area contributed by atoms with Gasteiger partial charge in [-0.05, 0) is 31.0 Å². The van der Waals surface area contributed by atoms with Crippen LogP contribution in [0, 0.1) is 11.2 Å². The number of hydrogen-bond donors (Lipinski definition) is 2. The highest BCUT2D eigenvalue weighted by Gasteiger charge is 2.35. The summed E-state index contributed by atoms with van der Waals surface area (Å²) >= 11 is 0. The second-order valence-electron chi connectivity index (χ2n) is 7.50. The van der Waals surface area contributed by atoms with E-state index in [9.17, 15) is 14.3 Å². The molecule has 1 aromatic carbocycles. The van der Waals surface area contributed by atoms with Crippen molar-refractivity contribution in [3.05, 3.63) is 29.6 Å². The smallest absolute Gasteiger partial charge is 0.259 e. The number of halogens is 1. The molecule has 1 aromatic heterocycles. The number of hydrogen-bond acceptors (Lipinski definition) is 6.